The third-order valence-electron chi connectivity index (χ3n) is 6.99. The van der Waals surface area contributed by atoms with E-state index in [-0.39, 0.29) is 11.3 Å². The van der Waals surface area contributed by atoms with Gasteiger partial charge in [0.05, 0.1) is 41.3 Å². The molecule has 1 amide bonds. The maximum absolute atomic E-state index is 13.7. The highest BCUT2D eigenvalue weighted by Crippen LogP contribution is 2.42. The molecule has 2 aromatic carbocycles. The number of anilines is 1. The monoisotopic (exact) mass is 592 g/mol. The molecule has 210 valence electrons. The number of furan rings is 1. The molecular weight excluding hydrogens is 567 g/mol. The van der Waals surface area contributed by atoms with E-state index in [4.69, 9.17) is 14.1 Å². The van der Waals surface area contributed by atoms with Gasteiger partial charge in [-0.15, -0.1) is 11.3 Å². The fourth-order valence-electron chi connectivity index (χ4n) is 4.81. The number of nitrogens with zero attached hydrogens (tertiary/aromatic N) is 3. The zero-order valence-corrected chi connectivity index (χ0v) is 24.0. The van der Waals surface area contributed by atoms with Gasteiger partial charge >= 0.3 is 0 Å². The zero-order chi connectivity index (χ0) is 28.9. The molecule has 0 unspecified atom stereocenters. The zero-order valence-electron chi connectivity index (χ0n) is 22.4. The van der Waals surface area contributed by atoms with Crippen molar-refractivity contribution in [2.24, 2.45) is 0 Å². The molecule has 3 aromatic heterocycles. The van der Waals surface area contributed by atoms with Crippen LogP contribution < -0.4 is 9.62 Å². The van der Waals surface area contributed by atoms with Gasteiger partial charge in [-0.05, 0) is 36.4 Å². The lowest BCUT2D eigenvalue weighted by molar-refractivity contribution is 0.0964. The average Bonchev–Trinajstić information content (AvgIpc) is 3.57. The minimum absolute atomic E-state index is 0.243. The predicted molar refractivity (Wildman–Crippen MR) is 156 cm³/mol. The first kappa shape index (κ1) is 27.1. The van der Waals surface area contributed by atoms with Crippen molar-refractivity contribution >= 4 is 43.9 Å². The molecule has 0 spiro atoms. The van der Waals surface area contributed by atoms with E-state index < -0.39 is 21.7 Å². The van der Waals surface area contributed by atoms with Gasteiger partial charge in [0.1, 0.15) is 22.2 Å². The lowest BCUT2D eigenvalue weighted by Gasteiger charge is -2.20. The number of hydrogen-bond acceptors (Lipinski definition) is 8. The van der Waals surface area contributed by atoms with E-state index in [1.165, 1.54) is 38.4 Å². The number of benzene rings is 2. The largest absolute Gasteiger partial charge is 0.455 e. The molecule has 1 N–H and O–H groups in total. The lowest BCUT2D eigenvalue weighted by Crippen LogP contribution is -2.25. The molecule has 5 aromatic rings. The first-order chi connectivity index (χ1) is 19.6. The summed E-state index contributed by atoms with van der Waals surface area (Å²) in [6.07, 6.45) is 5.22. The topological polar surface area (TPSA) is 115 Å². The van der Waals surface area contributed by atoms with Crippen molar-refractivity contribution < 1.29 is 26.8 Å². The molecule has 12 heteroatoms. The summed E-state index contributed by atoms with van der Waals surface area (Å²) in [4.78, 5) is 23.5. The van der Waals surface area contributed by atoms with Crippen molar-refractivity contribution in [3.05, 3.63) is 76.8 Å². The summed E-state index contributed by atoms with van der Waals surface area (Å²) in [5.41, 5.74) is 4.35. The van der Waals surface area contributed by atoms with Gasteiger partial charge in [0.2, 0.25) is 10.0 Å². The summed E-state index contributed by atoms with van der Waals surface area (Å²) in [7, 11) is -0.712. The van der Waals surface area contributed by atoms with E-state index in [1.807, 2.05) is 6.07 Å². The van der Waals surface area contributed by atoms with E-state index in [2.05, 4.69) is 10.3 Å². The smallest absolute Gasteiger partial charge is 0.255 e. The number of thiazole rings is 1. The molecule has 0 fully saturated rings. The minimum atomic E-state index is -3.67. The Kier molecular flexibility index (Phi) is 6.84. The van der Waals surface area contributed by atoms with Crippen LogP contribution in [-0.4, -0.2) is 51.3 Å². The Bertz CT molecular complexity index is 1890. The van der Waals surface area contributed by atoms with Gasteiger partial charge in [-0.25, -0.2) is 17.8 Å². The summed E-state index contributed by atoms with van der Waals surface area (Å²) in [6, 6.07) is 10.8. The van der Waals surface area contributed by atoms with Crippen LogP contribution in [0.5, 0.6) is 0 Å². The molecule has 6 rings (SSSR count). The van der Waals surface area contributed by atoms with Gasteiger partial charge in [0.15, 0.2) is 0 Å². The molecule has 0 aliphatic carbocycles. The molecule has 4 heterocycles. The van der Waals surface area contributed by atoms with Crippen LogP contribution in [0.2, 0.25) is 0 Å². The Morgan fingerprint density at radius 3 is 2.56 bits per heavy atom. The fraction of sp³-hybridized carbons (Fsp3) is 0.207. The van der Waals surface area contributed by atoms with Gasteiger partial charge in [-0.2, -0.15) is 0 Å². The molecule has 1 aliphatic rings. The average molecular weight is 593 g/mol. The standard InChI is InChI=1S/C29H25FN4O5S2/c1-31-28(35)26-21-11-20(17-10-18(14-32-13-17)29-33-22-8-9-38-15-25(22)40-29)23(34(2)41(3,36)37)12-24(21)39-27(26)16-4-6-19(30)7-5-16/h4-7,10-14H,8-9,15H2,1-3H3,(H,31,35). The van der Waals surface area contributed by atoms with Crippen LogP contribution in [0.25, 0.3) is 44.0 Å². The van der Waals surface area contributed by atoms with Gasteiger partial charge < -0.3 is 14.5 Å². The van der Waals surface area contributed by atoms with Crippen molar-refractivity contribution in [2.75, 3.05) is 31.3 Å². The second-order valence-corrected chi connectivity index (χ2v) is 12.7. The highest BCUT2D eigenvalue weighted by molar-refractivity contribution is 7.92. The van der Waals surface area contributed by atoms with Crippen molar-refractivity contribution in [2.45, 2.75) is 13.0 Å². The minimum Gasteiger partial charge on any atom is -0.455 e. The SMILES string of the molecule is CNC(=O)c1c(-c2ccc(F)cc2)oc2cc(N(C)S(C)(=O)=O)c(-c3cncc(-c4nc5c(s4)COCC5)c3)cc12. The summed E-state index contributed by atoms with van der Waals surface area (Å²) < 4.78 is 51.9. The first-order valence-corrected chi connectivity index (χ1v) is 15.3. The van der Waals surface area contributed by atoms with Crippen LogP contribution >= 0.6 is 11.3 Å². The van der Waals surface area contributed by atoms with E-state index in [0.29, 0.717) is 46.6 Å². The summed E-state index contributed by atoms with van der Waals surface area (Å²) in [5.74, 6) is -0.584. The van der Waals surface area contributed by atoms with Gasteiger partial charge in [-0.1, -0.05) is 0 Å². The number of fused-ring (bicyclic) bond motifs is 2. The number of aromatic nitrogens is 2. The number of amides is 1. The van der Waals surface area contributed by atoms with Crippen LogP contribution in [0.15, 0.2) is 59.3 Å². The van der Waals surface area contributed by atoms with Gasteiger partial charge in [0, 0.05) is 66.6 Å². The molecule has 0 radical (unpaired) electrons. The Morgan fingerprint density at radius 2 is 1.85 bits per heavy atom. The summed E-state index contributed by atoms with van der Waals surface area (Å²) in [6.45, 7) is 1.16. The second-order valence-electron chi connectivity index (χ2n) is 9.64. The molecule has 41 heavy (non-hydrogen) atoms. The second kappa shape index (κ2) is 10.4. The van der Waals surface area contributed by atoms with Gasteiger partial charge in [0.25, 0.3) is 5.91 Å². The summed E-state index contributed by atoms with van der Waals surface area (Å²) in [5, 5.41) is 3.91. The number of pyridine rings is 1. The quantitative estimate of drug-likeness (QED) is 0.286. The molecule has 1 aliphatic heterocycles. The number of ether oxygens (including phenoxy) is 1. The van der Waals surface area contributed by atoms with Crippen molar-refractivity contribution in [1.82, 2.24) is 15.3 Å². The van der Waals surface area contributed by atoms with Gasteiger partial charge in [-0.3, -0.25) is 14.1 Å². The fourth-order valence-corrected chi connectivity index (χ4v) is 6.35. The number of hydrogen-bond donors (Lipinski definition) is 1. The number of sulfonamides is 1. The number of carbonyl (C=O) groups excluding carboxylic acids is 1. The van der Waals surface area contributed by atoms with Crippen LogP contribution in [-0.2, 0) is 27.8 Å². The highest BCUT2D eigenvalue weighted by atomic mass is 32.2. The van der Waals surface area contributed by atoms with Crippen molar-refractivity contribution in [1.29, 1.82) is 0 Å². The molecule has 0 atom stereocenters. The maximum atomic E-state index is 13.7. The molecule has 0 bridgehead atoms. The Balaban J connectivity index is 1.58. The molecule has 9 nitrogen and oxygen atoms in total. The molecule has 0 saturated heterocycles. The normalized spacial score (nSPS) is 13.3. The Hall–Kier alpha value is -4.13. The van der Waals surface area contributed by atoms with Crippen LogP contribution in [0, 0.1) is 5.82 Å². The molecular formula is C29H25FN4O5S2. The van der Waals surface area contributed by atoms with Crippen molar-refractivity contribution in [3.63, 3.8) is 0 Å². The van der Waals surface area contributed by atoms with Crippen LogP contribution in [0.3, 0.4) is 0 Å². The highest BCUT2D eigenvalue weighted by Gasteiger charge is 2.26. The first-order valence-electron chi connectivity index (χ1n) is 12.7. The lowest BCUT2D eigenvalue weighted by atomic mass is 9.98. The third-order valence-corrected chi connectivity index (χ3v) is 9.31. The van der Waals surface area contributed by atoms with E-state index >= 15 is 0 Å². The Morgan fingerprint density at radius 1 is 1.10 bits per heavy atom. The van der Waals surface area contributed by atoms with Crippen LogP contribution in [0.4, 0.5) is 10.1 Å². The predicted octanol–water partition coefficient (Wildman–Crippen LogP) is 5.25. The third kappa shape index (κ3) is 4.98. The summed E-state index contributed by atoms with van der Waals surface area (Å²) >= 11 is 1.54. The number of nitrogens with one attached hydrogen (secondary N) is 1. The number of carbonyl (C=O) groups is 1. The van der Waals surface area contributed by atoms with Crippen LogP contribution in [0.1, 0.15) is 20.9 Å². The van der Waals surface area contributed by atoms with E-state index in [9.17, 15) is 17.6 Å². The number of halogens is 1. The van der Waals surface area contributed by atoms with E-state index in [0.717, 1.165) is 38.1 Å². The maximum Gasteiger partial charge on any atom is 0.255 e. The van der Waals surface area contributed by atoms with Crippen molar-refractivity contribution in [3.8, 4) is 33.0 Å². The van der Waals surface area contributed by atoms with E-state index in [1.54, 1.807) is 35.9 Å². The molecule has 0 saturated carbocycles. The number of rotatable bonds is 6. The Labute approximate surface area is 239 Å².